The fraction of sp³-hybridized carbons (Fsp3) is 0.111. The second-order valence-electron chi connectivity index (χ2n) is 5.22. The minimum Gasteiger partial charge on any atom is -0.454 e. The van der Waals surface area contributed by atoms with Gasteiger partial charge in [0.05, 0.1) is 0 Å². The van der Waals surface area contributed by atoms with Gasteiger partial charge in [-0.3, -0.25) is 9.59 Å². The third-order valence-electron chi connectivity index (χ3n) is 3.32. The van der Waals surface area contributed by atoms with Crippen LogP contribution in [-0.4, -0.2) is 28.6 Å². The van der Waals surface area contributed by atoms with Crippen molar-refractivity contribution < 1.29 is 23.1 Å². The topological polar surface area (TPSA) is 94.3 Å². The van der Waals surface area contributed by atoms with E-state index in [0.29, 0.717) is 5.89 Å². The van der Waals surface area contributed by atoms with E-state index >= 15 is 0 Å². The molecule has 3 rings (SSSR count). The van der Waals surface area contributed by atoms with Crippen LogP contribution in [0.3, 0.4) is 0 Å². The maximum Gasteiger partial charge on any atom is 0.325 e. The van der Waals surface area contributed by atoms with E-state index in [0.717, 1.165) is 11.6 Å². The van der Waals surface area contributed by atoms with Gasteiger partial charge < -0.3 is 14.5 Å². The van der Waals surface area contributed by atoms with Crippen LogP contribution in [0.5, 0.6) is 0 Å². The van der Waals surface area contributed by atoms with Gasteiger partial charge in [-0.25, -0.2) is 4.39 Å². The van der Waals surface area contributed by atoms with E-state index in [1.807, 2.05) is 30.3 Å². The highest BCUT2D eigenvalue weighted by atomic mass is 19.1. The van der Waals surface area contributed by atoms with Crippen LogP contribution in [0.1, 0.15) is 16.2 Å². The van der Waals surface area contributed by atoms with Crippen molar-refractivity contribution in [2.45, 2.75) is 6.61 Å². The summed E-state index contributed by atoms with van der Waals surface area (Å²) >= 11 is 0. The van der Waals surface area contributed by atoms with Crippen LogP contribution in [0.2, 0.25) is 0 Å². The van der Waals surface area contributed by atoms with Gasteiger partial charge in [-0.2, -0.15) is 0 Å². The first-order chi connectivity index (χ1) is 12.6. The predicted molar refractivity (Wildman–Crippen MR) is 88.3 cm³/mol. The maximum atomic E-state index is 13.1. The van der Waals surface area contributed by atoms with Gasteiger partial charge in [-0.05, 0) is 30.3 Å². The summed E-state index contributed by atoms with van der Waals surface area (Å²) < 4.78 is 23.4. The molecule has 1 heterocycles. The Labute approximate surface area is 147 Å². The molecule has 0 saturated heterocycles. The molecular weight excluding hydrogens is 341 g/mol. The number of ether oxygens (including phenoxy) is 1. The van der Waals surface area contributed by atoms with Crippen molar-refractivity contribution in [1.29, 1.82) is 0 Å². The van der Waals surface area contributed by atoms with E-state index in [1.165, 1.54) is 18.2 Å². The first-order valence-electron chi connectivity index (χ1n) is 7.69. The van der Waals surface area contributed by atoms with Gasteiger partial charge in [0, 0.05) is 11.1 Å². The van der Waals surface area contributed by atoms with Gasteiger partial charge in [0.15, 0.2) is 6.61 Å². The van der Waals surface area contributed by atoms with Gasteiger partial charge >= 0.3 is 5.97 Å². The molecule has 0 unspecified atom stereocenters. The number of nitrogens with one attached hydrogen (secondary N) is 1. The van der Waals surface area contributed by atoms with Crippen LogP contribution in [0.15, 0.2) is 59.0 Å². The molecule has 0 saturated carbocycles. The quantitative estimate of drug-likeness (QED) is 0.682. The average Bonchev–Trinajstić information content (AvgIpc) is 3.14. The molecule has 1 amide bonds. The number of rotatable bonds is 6. The second kappa shape index (κ2) is 8.02. The van der Waals surface area contributed by atoms with Crippen molar-refractivity contribution in [3.63, 3.8) is 0 Å². The molecule has 2 aromatic carbocycles. The maximum absolute atomic E-state index is 13.1. The molecule has 0 spiro atoms. The molecule has 7 nitrogen and oxygen atoms in total. The van der Waals surface area contributed by atoms with Crippen molar-refractivity contribution >= 4 is 11.9 Å². The lowest BCUT2D eigenvalue weighted by molar-refractivity contribution is -0.144. The van der Waals surface area contributed by atoms with Crippen molar-refractivity contribution in [3.05, 3.63) is 71.9 Å². The number of nitrogens with zero attached hydrogens (tertiary/aromatic N) is 2. The van der Waals surface area contributed by atoms with Crippen LogP contribution < -0.4 is 5.32 Å². The van der Waals surface area contributed by atoms with Crippen molar-refractivity contribution in [3.8, 4) is 11.5 Å². The molecular formula is C18H14FN3O4. The van der Waals surface area contributed by atoms with Crippen LogP contribution >= 0.6 is 0 Å². The number of amides is 1. The fourth-order valence-electron chi connectivity index (χ4n) is 2.09. The Balaban J connectivity index is 1.47. The Hall–Kier alpha value is -3.55. The zero-order valence-corrected chi connectivity index (χ0v) is 13.5. The summed E-state index contributed by atoms with van der Waals surface area (Å²) in [6.45, 7) is -0.580. The first kappa shape index (κ1) is 17.3. The van der Waals surface area contributed by atoms with Crippen LogP contribution in [0, 0.1) is 5.82 Å². The molecule has 0 aliphatic carbocycles. The molecule has 0 aliphatic rings. The van der Waals surface area contributed by atoms with Crippen molar-refractivity contribution in [1.82, 2.24) is 15.5 Å². The summed E-state index contributed by atoms with van der Waals surface area (Å²) in [5.74, 6) is -1.35. The number of hydrogen-bond donors (Lipinski definition) is 1. The lowest BCUT2D eigenvalue weighted by atomic mass is 10.2. The largest absolute Gasteiger partial charge is 0.454 e. The van der Waals surface area contributed by atoms with E-state index in [9.17, 15) is 14.0 Å². The Bertz CT molecular complexity index is 912. The first-order valence-corrected chi connectivity index (χ1v) is 7.69. The van der Waals surface area contributed by atoms with Crippen LogP contribution in [0.25, 0.3) is 11.5 Å². The highest BCUT2D eigenvalue weighted by Gasteiger charge is 2.12. The Morgan fingerprint density at radius 3 is 2.65 bits per heavy atom. The fourth-order valence-corrected chi connectivity index (χ4v) is 2.09. The molecule has 1 aromatic heterocycles. The summed E-state index contributed by atoms with van der Waals surface area (Å²) in [5, 5.41) is 10.0. The molecule has 8 heteroatoms. The molecule has 1 N–H and O–H groups in total. The number of benzene rings is 2. The molecule has 3 aromatic rings. The molecule has 0 aliphatic heterocycles. The van der Waals surface area contributed by atoms with E-state index in [4.69, 9.17) is 9.15 Å². The van der Waals surface area contributed by atoms with E-state index in [2.05, 4.69) is 15.5 Å². The number of carbonyl (C=O) groups is 2. The summed E-state index contributed by atoms with van der Waals surface area (Å²) in [5.41, 5.74) is 0.863. The average molecular weight is 355 g/mol. The molecule has 0 atom stereocenters. The Morgan fingerprint density at radius 2 is 1.88 bits per heavy atom. The number of hydrogen-bond acceptors (Lipinski definition) is 6. The zero-order chi connectivity index (χ0) is 18.4. The third kappa shape index (κ3) is 4.50. The number of carbonyl (C=O) groups excluding carboxylic acids is 2. The van der Waals surface area contributed by atoms with E-state index < -0.39 is 17.7 Å². The lowest BCUT2D eigenvalue weighted by Crippen LogP contribution is -2.30. The number of aromatic nitrogens is 2. The second-order valence-corrected chi connectivity index (χ2v) is 5.22. The molecule has 0 radical (unpaired) electrons. The van der Waals surface area contributed by atoms with Crippen molar-refractivity contribution in [2.24, 2.45) is 0 Å². The molecule has 0 fully saturated rings. The number of esters is 1. The standard InChI is InChI=1S/C18H14FN3O4/c19-14-8-4-7-13(9-14)17(24)20-10-16(23)25-11-15-21-22-18(26-15)12-5-2-1-3-6-12/h1-9H,10-11H2,(H,20,24). The Kier molecular flexibility index (Phi) is 5.33. The van der Waals surface area contributed by atoms with E-state index in [1.54, 1.807) is 0 Å². The summed E-state index contributed by atoms with van der Waals surface area (Å²) in [6, 6.07) is 14.3. The lowest BCUT2D eigenvalue weighted by Gasteiger charge is -2.05. The van der Waals surface area contributed by atoms with Gasteiger partial charge in [0.1, 0.15) is 12.4 Å². The smallest absolute Gasteiger partial charge is 0.325 e. The summed E-state index contributed by atoms with van der Waals surface area (Å²) in [4.78, 5) is 23.5. The number of halogens is 1. The van der Waals surface area contributed by atoms with Gasteiger partial charge in [-0.1, -0.05) is 24.3 Å². The highest BCUT2D eigenvalue weighted by molar-refractivity contribution is 5.95. The highest BCUT2D eigenvalue weighted by Crippen LogP contribution is 2.17. The van der Waals surface area contributed by atoms with Gasteiger partial charge in [0.25, 0.3) is 11.8 Å². The Morgan fingerprint density at radius 1 is 1.08 bits per heavy atom. The monoisotopic (exact) mass is 355 g/mol. The molecule has 26 heavy (non-hydrogen) atoms. The minimum atomic E-state index is -0.686. The molecule has 132 valence electrons. The summed E-state index contributed by atoms with van der Waals surface area (Å²) in [6.07, 6.45) is 0. The van der Waals surface area contributed by atoms with Crippen molar-refractivity contribution in [2.75, 3.05) is 6.54 Å². The molecule has 0 bridgehead atoms. The third-order valence-corrected chi connectivity index (χ3v) is 3.32. The zero-order valence-electron chi connectivity index (χ0n) is 13.5. The van der Waals surface area contributed by atoms with E-state index in [-0.39, 0.29) is 24.6 Å². The van der Waals surface area contributed by atoms with Gasteiger partial charge in [0.2, 0.25) is 5.89 Å². The normalized spacial score (nSPS) is 10.3. The summed E-state index contributed by atoms with van der Waals surface area (Å²) in [7, 11) is 0. The van der Waals surface area contributed by atoms with Crippen LogP contribution in [0.4, 0.5) is 4.39 Å². The van der Waals surface area contributed by atoms with Crippen LogP contribution in [-0.2, 0) is 16.1 Å². The minimum absolute atomic E-state index is 0.113. The van der Waals surface area contributed by atoms with Gasteiger partial charge in [-0.15, -0.1) is 10.2 Å². The predicted octanol–water partition coefficient (Wildman–Crippen LogP) is 2.35. The SMILES string of the molecule is O=C(CNC(=O)c1cccc(F)c1)OCc1nnc(-c2ccccc2)o1.